The number of hydrogen-bond donors (Lipinski definition) is 6. The van der Waals surface area contributed by atoms with Crippen LogP contribution in [0, 0.1) is 11.3 Å². The van der Waals surface area contributed by atoms with Crippen molar-refractivity contribution in [3.63, 3.8) is 0 Å². The van der Waals surface area contributed by atoms with Gasteiger partial charge in [-0.3, -0.25) is 63.7 Å². The molecular weight excluding hydrogens is 1780 g/mol. The molecule has 27 nitrogen and oxygen atoms in total. The number of nitrogens with zero attached hydrogens (tertiary/aromatic N) is 13. The predicted molar refractivity (Wildman–Crippen MR) is 572 cm³/mol. The van der Waals surface area contributed by atoms with E-state index in [0.29, 0.717) is 125 Å². The molecule has 19 heterocycles. The molecule has 0 saturated carbocycles. The van der Waals surface area contributed by atoms with Crippen molar-refractivity contribution >= 4 is 9.84 Å². The molecule has 19 rings (SSSR count). The van der Waals surface area contributed by atoms with Gasteiger partial charge < -0.3 is 59.1 Å². The van der Waals surface area contributed by atoms with Crippen molar-refractivity contribution in [2.24, 2.45) is 11.3 Å². The van der Waals surface area contributed by atoms with Gasteiger partial charge in [-0.25, -0.2) is 12.8 Å². The fourth-order valence-electron chi connectivity index (χ4n) is 20.0. The van der Waals surface area contributed by atoms with E-state index in [9.17, 15) is 28.1 Å². The largest absolute Gasteiger partial charge is 0.396 e. The summed E-state index contributed by atoms with van der Waals surface area (Å²) in [6.07, 6.45) is 10.3. The second-order valence-corrected chi connectivity index (χ2v) is 60.3. The Morgan fingerprint density at radius 3 is 0.942 bits per heavy atom. The predicted octanol–water partition coefficient (Wildman–Crippen LogP) is 13.1. The lowest BCUT2D eigenvalue weighted by molar-refractivity contribution is -0.237. The molecule has 29 heteroatoms. The minimum atomic E-state index is -2.80. The van der Waals surface area contributed by atoms with Crippen molar-refractivity contribution in [1.82, 2.24) is 63.7 Å². The molecule has 2 spiro atoms. The zero-order valence-electron chi connectivity index (χ0n) is 97.6. The van der Waals surface area contributed by atoms with Gasteiger partial charge in [0.1, 0.15) is 6.17 Å². The molecule has 10 atom stereocenters. The van der Waals surface area contributed by atoms with Crippen molar-refractivity contribution in [3.05, 3.63) is 0 Å². The molecule has 824 valence electrons. The van der Waals surface area contributed by atoms with Gasteiger partial charge in [0.25, 0.3) is 0 Å². The number of aliphatic hydroxyl groups is 6. The molecule has 0 aromatic heterocycles. The van der Waals surface area contributed by atoms with Crippen molar-refractivity contribution in [2.75, 3.05) is 216 Å². The van der Waals surface area contributed by atoms with E-state index < -0.39 is 33.3 Å². The van der Waals surface area contributed by atoms with Gasteiger partial charge in [0.15, 0.2) is 9.84 Å². The molecule has 139 heavy (non-hydrogen) atoms. The molecule has 19 fully saturated rings. The Kier molecular flexibility index (Phi) is 44.7. The van der Waals surface area contributed by atoms with Crippen LogP contribution in [0.2, 0.25) is 0 Å². The normalized spacial score (nSPS) is 30.3. The minimum absolute atomic E-state index is 0.0260. The van der Waals surface area contributed by atoms with E-state index in [-0.39, 0.29) is 50.7 Å². The van der Waals surface area contributed by atoms with Crippen LogP contribution < -0.4 is 0 Å². The van der Waals surface area contributed by atoms with E-state index >= 15 is 0 Å². The van der Waals surface area contributed by atoms with E-state index in [1.807, 2.05) is 39.5 Å². The molecule has 6 N–H and O–H groups in total. The van der Waals surface area contributed by atoms with Gasteiger partial charge in [-0.05, 0) is 316 Å². The molecule has 0 amide bonds. The number of morpholine rings is 4. The van der Waals surface area contributed by atoms with Gasteiger partial charge in [0.05, 0.1) is 111 Å². The number of ether oxygens (including phenoxy) is 6. The van der Waals surface area contributed by atoms with E-state index in [1.54, 1.807) is 0 Å². The molecule has 6 bridgehead atoms. The summed E-state index contributed by atoms with van der Waals surface area (Å²) in [6, 6.07) is 0.708. The molecule has 19 aliphatic rings. The van der Waals surface area contributed by atoms with Gasteiger partial charge in [0.2, 0.25) is 0 Å². The SMILES string of the molecule is CC(C)(C)N1CC(CO)C1.CC(C)(C)N1CC(O)C(F)C1.CC(C)(C)N1CC(O)C1.CC(C)(C)N1CC(S(C)(=O)=O)C1.CC(C)(C)N1CC2(CCO2)C1.CC(C)(C)N1CC2(COC2)C1.CC(C)(C)N1CC2CC(C1)O2.CC(C)(C)N1CC2CC1CO2.CC(C)(C)N1CC2CCC(C1)O2.CC(C)(C)N1CCC(O)C1.CC(C)(C)N1CCOCC1.CC1(O)CCN(C(C)(C)C)C1.CC1(O)CN(C(C)(C)C)C1. The summed E-state index contributed by atoms with van der Waals surface area (Å²) >= 11 is 0. The van der Waals surface area contributed by atoms with Crippen LogP contribution in [0.5, 0.6) is 0 Å². The molecule has 0 aromatic carbocycles. The summed E-state index contributed by atoms with van der Waals surface area (Å²) in [5.74, 6) is 0.541. The molecule has 0 aromatic rings. The van der Waals surface area contributed by atoms with Crippen LogP contribution in [0.1, 0.15) is 329 Å². The van der Waals surface area contributed by atoms with Crippen LogP contribution >= 0.6 is 0 Å². The second kappa shape index (κ2) is 49.1. The summed E-state index contributed by atoms with van der Waals surface area (Å²) in [6.45, 7) is 120. The van der Waals surface area contributed by atoms with E-state index in [4.69, 9.17) is 43.7 Å². The van der Waals surface area contributed by atoms with Gasteiger partial charge in [0, 0.05) is 279 Å². The third kappa shape index (κ3) is 41.5. The Morgan fingerprint density at radius 1 is 0.345 bits per heavy atom. The Balaban J connectivity index is 0.000000231. The number of aliphatic hydroxyl groups excluding tert-OH is 4. The fourth-order valence-corrected chi connectivity index (χ4v) is 20.9. The molecule has 19 aliphatic heterocycles. The highest BCUT2D eigenvalue weighted by atomic mass is 32.2. The van der Waals surface area contributed by atoms with Crippen molar-refractivity contribution in [2.45, 2.75) is 484 Å². The summed E-state index contributed by atoms with van der Waals surface area (Å²) in [5.41, 5.74) is 3.32. The summed E-state index contributed by atoms with van der Waals surface area (Å²) in [7, 11) is -2.80. The van der Waals surface area contributed by atoms with E-state index in [0.717, 1.165) is 177 Å². The van der Waals surface area contributed by atoms with Gasteiger partial charge in [-0.2, -0.15) is 0 Å². The number of alkyl halides is 1. The third-order valence-electron chi connectivity index (χ3n) is 31.2. The lowest BCUT2D eigenvalue weighted by atomic mass is 9.75. The highest BCUT2D eigenvalue weighted by Crippen LogP contribution is 2.43. The monoisotopic (exact) mass is 2000 g/mol. The van der Waals surface area contributed by atoms with Crippen molar-refractivity contribution in [1.29, 1.82) is 0 Å². The van der Waals surface area contributed by atoms with Gasteiger partial charge in [-0.15, -0.1) is 0 Å². The second-order valence-electron chi connectivity index (χ2n) is 58.0. The van der Waals surface area contributed by atoms with Crippen LogP contribution in [0.15, 0.2) is 0 Å². The first-order valence-electron chi connectivity index (χ1n) is 54.0. The number of fused-ring (bicyclic) bond motifs is 6. The summed E-state index contributed by atoms with van der Waals surface area (Å²) in [4.78, 5) is 30.8. The zero-order chi connectivity index (χ0) is 106. The highest BCUT2D eigenvalue weighted by Gasteiger charge is 2.54. The Hall–Kier alpha value is -1.12. The van der Waals surface area contributed by atoms with Crippen LogP contribution in [0.3, 0.4) is 0 Å². The molecule has 0 radical (unpaired) electrons. The molecule has 0 aliphatic carbocycles. The third-order valence-corrected chi connectivity index (χ3v) is 32.7. The average molecular weight is 2000 g/mol. The summed E-state index contributed by atoms with van der Waals surface area (Å²) < 4.78 is 67.8. The number of halogens is 1. The smallest absolute Gasteiger partial charge is 0.152 e. The lowest BCUT2D eigenvalue weighted by Crippen LogP contribution is -2.71. The van der Waals surface area contributed by atoms with E-state index in [2.05, 4.69) is 308 Å². The Morgan fingerprint density at radius 2 is 0.705 bits per heavy atom. The number of hydrogen-bond acceptors (Lipinski definition) is 27. The molecule has 10 unspecified atom stereocenters. The number of sulfone groups is 1. The topological polar surface area (TPSA) is 253 Å². The first-order chi connectivity index (χ1) is 62.6. The molecular formula is C110H222FN13O14S. The highest BCUT2D eigenvalue weighted by molar-refractivity contribution is 7.91. The number of likely N-dealkylation sites (tertiary alicyclic amines) is 11. The minimum Gasteiger partial charge on any atom is -0.396 e. The van der Waals surface area contributed by atoms with Crippen LogP contribution in [0.25, 0.3) is 0 Å². The number of rotatable bonds is 2. The quantitative estimate of drug-likeness (QED) is 0.150. The maximum atomic E-state index is 12.8. The van der Waals surface area contributed by atoms with Crippen LogP contribution in [0.4, 0.5) is 4.39 Å². The molecule has 19 saturated heterocycles. The van der Waals surface area contributed by atoms with Crippen LogP contribution in [-0.2, 0) is 38.3 Å². The van der Waals surface area contributed by atoms with Crippen molar-refractivity contribution in [3.8, 4) is 0 Å². The van der Waals surface area contributed by atoms with Crippen molar-refractivity contribution < 1.29 is 71.9 Å². The van der Waals surface area contributed by atoms with Gasteiger partial charge in [-0.1, -0.05) is 0 Å². The zero-order valence-corrected chi connectivity index (χ0v) is 98.4. The lowest BCUT2D eigenvalue weighted by Gasteiger charge is -2.59. The van der Waals surface area contributed by atoms with Gasteiger partial charge >= 0.3 is 0 Å². The first kappa shape index (κ1) is 127. The fraction of sp³-hybridized carbons (Fsp3) is 1.00. The van der Waals surface area contributed by atoms with E-state index in [1.165, 1.54) is 51.4 Å². The number of piperidine rings is 1. The average Bonchev–Trinajstić information content (AvgIpc) is 1.74. The first-order valence-corrected chi connectivity index (χ1v) is 56.0. The summed E-state index contributed by atoms with van der Waals surface area (Å²) in [5, 5.41) is 55.0. The standard InChI is InChI=1S/C10H19NO.4C9H17NO.C9H19NO.C8H16FNO.C8H17NO2S.4C8H17NO.C7H15NO/c1-10(2,3)11-6-8-4-5-9(7-11)12-8;1-8(2,3)10-4-9(5-10)6-11-7-9;1-9(2,3)10-5-8-4-7(10)6-11-8;1-9(2,3)10-5-7-4-8(6-10)11-7;1-8(2,3)10-6-9(7-10)4-5-11-9;1-8(2,3)10-6-5-9(4,11)7-10;1-8(2,3)10-4-6(9)7(11)5-10;1-8(2,3)9-5-7(6-9)12(4,10)11;1-8(2,3)9-4-7(5-9)6-10;1-7(2,3)9-5-8(4,10)6-9;1-8(2,3)9-4-6-10-7-5-9;1-8(2,3)9-5-4-7(10)6-9;1-7(2,3)8-4-6(9)5-8/h8-9H,4-7H2,1-3H3;4-7H2,1-3H3;2*7-8H,4-6H2,1-3H3;4-7H2,1-3H3;11H,5-7H2,1-4H3;6-7,11H,4-5H2,1-3H3;7H,5-6H2,1-4H3;7,10H,4-6H2,1-3H3;10H,5-6H2,1-4H3;4-7H2,1-3H3;7,10H,4-6H2,1-3H3;6,9H,4-5H2,1-3H3. The maximum absolute atomic E-state index is 12.8. The maximum Gasteiger partial charge on any atom is 0.152 e. The number of β-amino-alcohol motifs (C(OH)–C–C–N with tert-alkyl or cyclic N) is 5. The van der Waals surface area contributed by atoms with Crippen LogP contribution in [-0.4, -0.2) is 474 Å². The Bertz CT molecular complexity index is 3540. The Labute approximate surface area is 852 Å².